The van der Waals surface area contributed by atoms with E-state index in [0.29, 0.717) is 24.0 Å². The summed E-state index contributed by atoms with van der Waals surface area (Å²) in [6, 6.07) is 14.1. The Balaban J connectivity index is 1.64. The summed E-state index contributed by atoms with van der Waals surface area (Å²) in [7, 11) is 0. The van der Waals surface area contributed by atoms with Crippen LogP contribution in [0.2, 0.25) is 0 Å². The molecule has 0 N–H and O–H groups in total. The molecule has 26 heavy (non-hydrogen) atoms. The molecule has 2 heterocycles. The highest BCUT2D eigenvalue weighted by Gasteiger charge is 2.31. The monoisotopic (exact) mass is 368 g/mol. The summed E-state index contributed by atoms with van der Waals surface area (Å²) in [5, 5.41) is 11.3. The van der Waals surface area contributed by atoms with E-state index in [-0.39, 0.29) is 0 Å². The van der Waals surface area contributed by atoms with E-state index in [1.54, 1.807) is 0 Å². The van der Waals surface area contributed by atoms with Gasteiger partial charge in [0.15, 0.2) is 0 Å². The minimum Gasteiger partial charge on any atom is -0.493 e. The van der Waals surface area contributed by atoms with Crippen LogP contribution >= 0.6 is 11.3 Å². The third kappa shape index (κ3) is 5.09. The molecule has 2 aromatic rings. The predicted octanol–water partition coefficient (Wildman–Crippen LogP) is 5.29. The first-order valence-corrected chi connectivity index (χ1v) is 10.6. The highest BCUT2D eigenvalue weighted by Crippen LogP contribution is 2.36. The second-order valence-corrected chi connectivity index (χ2v) is 8.11. The van der Waals surface area contributed by atoms with Gasteiger partial charge in [-0.25, -0.2) is 0 Å². The van der Waals surface area contributed by atoms with Crippen molar-refractivity contribution in [3.8, 4) is 11.8 Å². The topological polar surface area (TPSA) is 36.3 Å². The summed E-state index contributed by atoms with van der Waals surface area (Å²) < 4.78 is 6.12. The number of nitriles is 1. The largest absolute Gasteiger partial charge is 0.493 e. The van der Waals surface area contributed by atoms with E-state index in [9.17, 15) is 0 Å². The molecule has 1 saturated heterocycles. The Morgan fingerprint density at radius 1 is 1.27 bits per heavy atom. The van der Waals surface area contributed by atoms with Crippen molar-refractivity contribution >= 4 is 11.3 Å². The molecule has 0 radical (unpaired) electrons. The van der Waals surface area contributed by atoms with Gasteiger partial charge >= 0.3 is 0 Å². The van der Waals surface area contributed by atoms with E-state index in [2.05, 4.69) is 35.4 Å². The first kappa shape index (κ1) is 18.9. The first-order chi connectivity index (χ1) is 12.8. The predicted molar refractivity (Wildman–Crippen MR) is 108 cm³/mol. The van der Waals surface area contributed by atoms with E-state index < -0.39 is 0 Å². The molecule has 138 valence electrons. The fraction of sp³-hybridized carbons (Fsp3) is 0.500. The van der Waals surface area contributed by atoms with E-state index in [0.717, 1.165) is 12.3 Å². The van der Waals surface area contributed by atoms with Crippen LogP contribution in [0.15, 0.2) is 41.8 Å². The molecule has 2 atom stereocenters. The maximum Gasteiger partial charge on any atom is 0.120 e. The number of hydrogen-bond donors (Lipinski definition) is 0. The van der Waals surface area contributed by atoms with Gasteiger partial charge in [0.25, 0.3) is 0 Å². The standard InChI is InChI=1S/C22H28N2OS/c1-2-3-4-11-24-12-10-21(22-9-6-13-26-22)19(16-24)17-25-20-8-5-7-18(14-20)15-23/h5-9,13-14,19,21H,2-4,10-12,16-17H2,1H3/t19-,21+/m0/s1. The number of unbranched alkanes of at least 4 members (excludes halogenated alkanes) is 2. The van der Waals surface area contributed by atoms with Gasteiger partial charge in [-0.15, -0.1) is 11.3 Å². The third-order valence-electron chi connectivity index (χ3n) is 5.23. The van der Waals surface area contributed by atoms with Crippen molar-refractivity contribution in [1.29, 1.82) is 5.26 Å². The smallest absolute Gasteiger partial charge is 0.120 e. The Labute approximate surface area is 161 Å². The van der Waals surface area contributed by atoms with Gasteiger partial charge in [-0.3, -0.25) is 0 Å². The lowest BCUT2D eigenvalue weighted by Crippen LogP contribution is -2.42. The second-order valence-electron chi connectivity index (χ2n) is 7.13. The first-order valence-electron chi connectivity index (χ1n) is 9.69. The van der Waals surface area contributed by atoms with E-state index in [1.165, 1.54) is 43.6 Å². The van der Waals surface area contributed by atoms with Crippen molar-refractivity contribution < 1.29 is 4.74 Å². The number of piperidine rings is 1. The summed E-state index contributed by atoms with van der Waals surface area (Å²) in [5.41, 5.74) is 0.655. The molecule has 1 aromatic carbocycles. The molecule has 3 nitrogen and oxygen atoms in total. The van der Waals surface area contributed by atoms with Crippen molar-refractivity contribution in [2.45, 2.75) is 38.5 Å². The Morgan fingerprint density at radius 2 is 2.19 bits per heavy atom. The van der Waals surface area contributed by atoms with E-state index >= 15 is 0 Å². The minimum absolute atomic E-state index is 0.495. The maximum absolute atomic E-state index is 9.07. The Hall–Kier alpha value is -1.83. The SMILES string of the molecule is CCCCCN1CC[C@@H](c2cccs2)[C@H](COc2cccc(C#N)c2)C1. The van der Waals surface area contributed by atoms with E-state index in [4.69, 9.17) is 10.00 Å². The van der Waals surface area contributed by atoms with Crippen molar-refractivity contribution in [2.24, 2.45) is 5.92 Å². The van der Waals surface area contributed by atoms with Crippen LogP contribution in [0, 0.1) is 17.2 Å². The lowest BCUT2D eigenvalue weighted by atomic mass is 9.84. The van der Waals surface area contributed by atoms with Gasteiger partial charge in [0, 0.05) is 23.3 Å². The van der Waals surface area contributed by atoms with Crippen LogP contribution in [0.3, 0.4) is 0 Å². The van der Waals surface area contributed by atoms with Gasteiger partial charge in [-0.05, 0) is 55.6 Å². The maximum atomic E-state index is 9.07. The number of likely N-dealkylation sites (tertiary alicyclic amines) is 1. The number of hydrogen-bond acceptors (Lipinski definition) is 4. The number of benzene rings is 1. The fourth-order valence-corrected chi connectivity index (χ4v) is 4.76. The van der Waals surface area contributed by atoms with E-state index in [1.807, 2.05) is 35.6 Å². The summed E-state index contributed by atoms with van der Waals surface area (Å²) in [6.07, 6.45) is 5.08. The number of rotatable bonds is 8. The van der Waals surface area contributed by atoms with Crippen molar-refractivity contribution in [1.82, 2.24) is 4.90 Å². The zero-order valence-corrected chi connectivity index (χ0v) is 16.4. The lowest BCUT2D eigenvalue weighted by molar-refractivity contribution is 0.111. The van der Waals surface area contributed by atoms with Gasteiger partial charge in [0.2, 0.25) is 0 Å². The number of ether oxygens (including phenoxy) is 1. The lowest BCUT2D eigenvalue weighted by Gasteiger charge is -2.38. The average molecular weight is 369 g/mol. The molecule has 1 aromatic heterocycles. The minimum atomic E-state index is 0.495. The van der Waals surface area contributed by atoms with Crippen molar-refractivity contribution in [3.05, 3.63) is 52.2 Å². The molecule has 0 amide bonds. The Bertz CT molecular complexity index is 707. The Morgan fingerprint density at radius 3 is 2.96 bits per heavy atom. The van der Waals surface area contributed by atoms with Gasteiger partial charge in [0.05, 0.1) is 18.2 Å². The van der Waals surface area contributed by atoms with Crippen LogP contribution in [0.5, 0.6) is 5.75 Å². The zero-order chi connectivity index (χ0) is 18.2. The summed E-state index contributed by atoms with van der Waals surface area (Å²) in [4.78, 5) is 4.09. The van der Waals surface area contributed by atoms with Gasteiger partial charge in [0.1, 0.15) is 5.75 Å². The van der Waals surface area contributed by atoms with Crippen LogP contribution in [-0.2, 0) is 0 Å². The van der Waals surface area contributed by atoms with Gasteiger partial charge < -0.3 is 9.64 Å². The van der Waals surface area contributed by atoms with Crippen LogP contribution < -0.4 is 4.74 Å². The molecule has 3 rings (SSSR count). The normalized spacial score (nSPS) is 20.6. The molecule has 0 saturated carbocycles. The number of thiophene rings is 1. The van der Waals surface area contributed by atoms with Crippen molar-refractivity contribution in [3.63, 3.8) is 0 Å². The Kier molecular flexibility index (Phi) is 7.11. The molecule has 1 aliphatic rings. The average Bonchev–Trinajstić information content (AvgIpc) is 3.21. The molecule has 1 fully saturated rings. The quantitative estimate of drug-likeness (QED) is 0.594. The molecule has 0 unspecified atom stereocenters. The van der Waals surface area contributed by atoms with Gasteiger partial charge in [-0.2, -0.15) is 5.26 Å². The summed E-state index contributed by atoms with van der Waals surface area (Å²) in [6.45, 7) is 6.46. The fourth-order valence-electron chi connectivity index (χ4n) is 3.80. The number of nitrogens with zero attached hydrogens (tertiary/aromatic N) is 2. The van der Waals surface area contributed by atoms with Crippen LogP contribution in [-0.4, -0.2) is 31.1 Å². The molecule has 4 heteroatoms. The van der Waals surface area contributed by atoms with Crippen LogP contribution in [0.25, 0.3) is 0 Å². The molecule has 0 aliphatic carbocycles. The molecular formula is C22H28N2OS. The zero-order valence-electron chi connectivity index (χ0n) is 15.6. The third-order valence-corrected chi connectivity index (χ3v) is 6.24. The molecular weight excluding hydrogens is 340 g/mol. The van der Waals surface area contributed by atoms with Crippen LogP contribution in [0.4, 0.5) is 0 Å². The molecule has 0 spiro atoms. The summed E-state index contributed by atoms with van der Waals surface area (Å²) in [5.74, 6) is 1.88. The van der Waals surface area contributed by atoms with Crippen LogP contribution in [0.1, 0.15) is 49.0 Å². The van der Waals surface area contributed by atoms with Gasteiger partial charge in [-0.1, -0.05) is 31.9 Å². The summed E-state index contributed by atoms with van der Waals surface area (Å²) >= 11 is 1.87. The van der Waals surface area contributed by atoms with Crippen molar-refractivity contribution in [2.75, 3.05) is 26.2 Å². The second kappa shape index (κ2) is 9.75. The molecule has 1 aliphatic heterocycles. The highest BCUT2D eigenvalue weighted by molar-refractivity contribution is 7.10. The molecule has 0 bridgehead atoms. The highest BCUT2D eigenvalue weighted by atomic mass is 32.1.